The highest BCUT2D eigenvalue weighted by Crippen LogP contribution is 2.21. The lowest BCUT2D eigenvalue weighted by Crippen LogP contribution is -2.50. The van der Waals surface area contributed by atoms with Crippen molar-refractivity contribution in [2.45, 2.75) is 53.9 Å². The molecule has 1 aromatic carbocycles. The molecule has 0 spiro atoms. The third kappa shape index (κ3) is 10.7. The van der Waals surface area contributed by atoms with Gasteiger partial charge in [0.1, 0.15) is 5.84 Å². The Morgan fingerprint density at radius 1 is 0.944 bits per heavy atom. The molecule has 2 aliphatic heterocycles. The van der Waals surface area contributed by atoms with E-state index < -0.39 is 6.43 Å². The van der Waals surface area contributed by atoms with Crippen LogP contribution in [0.15, 0.2) is 34.8 Å². The summed E-state index contributed by atoms with van der Waals surface area (Å²) >= 11 is 0. The van der Waals surface area contributed by atoms with Crippen LogP contribution in [-0.4, -0.2) is 93.2 Å². The van der Waals surface area contributed by atoms with Crippen LogP contribution in [0.4, 0.5) is 8.78 Å². The minimum absolute atomic E-state index is 0.113. The van der Waals surface area contributed by atoms with Crippen LogP contribution < -0.4 is 0 Å². The molecule has 5 nitrogen and oxygen atoms in total. The zero-order valence-corrected chi connectivity index (χ0v) is 23.4. The molecule has 0 aliphatic carbocycles. The van der Waals surface area contributed by atoms with Gasteiger partial charge >= 0.3 is 0 Å². The van der Waals surface area contributed by atoms with Crippen LogP contribution in [0.5, 0.6) is 0 Å². The van der Waals surface area contributed by atoms with Gasteiger partial charge < -0.3 is 9.64 Å². The molecule has 1 aromatic rings. The Bertz CT molecular complexity index is 806. The van der Waals surface area contributed by atoms with Crippen molar-refractivity contribution in [3.8, 4) is 0 Å². The fourth-order valence-electron chi connectivity index (χ4n) is 4.72. The number of amidine groups is 1. The van der Waals surface area contributed by atoms with Crippen molar-refractivity contribution in [1.29, 1.82) is 0 Å². The largest absolute Gasteiger partial charge is 0.379 e. The van der Waals surface area contributed by atoms with E-state index in [-0.39, 0.29) is 5.56 Å². The highest BCUT2D eigenvalue weighted by molar-refractivity contribution is 5.93. The van der Waals surface area contributed by atoms with Gasteiger partial charge in [0.05, 0.1) is 13.2 Å². The Morgan fingerprint density at radius 3 is 1.97 bits per heavy atom. The Labute approximate surface area is 218 Å². The molecule has 36 heavy (non-hydrogen) atoms. The maximum Gasteiger partial charge on any atom is 0.263 e. The van der Waals surface area contributed by atoms with Gasteiger partial charge in [-0.15, -0.1) is 0 Å². The van der Waals surface area contributed by atoms with Gasteiger partial charge in [0.25, 0.3) is 6.43 Å². The number of hydrogen-bond acceptors (Lipinski definition) is 4. The molecule has 3 rings (SSSR count). The molecule has 0 atom stereocenters. The molecule has 0 N–H and O–H groups in total. The fourth-order valence-corrected chi connectivity index (χ4v) is 4.72. The number of allylic oxidation sites excluding steroid dienone is 1. The second-order valence-corrected chi connectivity index (χ2v) is 10.2. The van der Waals surface area contributed by atoms with E-state index in [2.05, 4.69) is 46.5 Å². The summed E-state index contributed by atoms with van der Waals surface area (Å²) in [6, 6.07) is 4.90. The summed E-state index contributed by atoms with van der Waals surface area (Å²) in [6.45, 7) is 21.2. The molecule has 0 radical (unpaired) electrons. The standard InChI is InChI=1S/C20H38N4O.C9H10F2/c1-5-6-19(18(2)3)17-20(21-4)24-11-9-22(10-12-24)7-8-23-13-15-25-16-14-23;1-6-3-7(2)5-8(4-6)9(10)11/h17-18H,5-16H2,1-4H3;3-5,9H,1-2H3/b19-17+,21-20?;. The predicted octanol–water partition coefficient (Wildman–Crippen LogP) is 5.59. The van der Waals surface area contributed by atoms with Crippen molar-refractivity contribution < 1.29 is 13.5 Å². The summed E-state index contributed by atoms with van der Waals surface area (Å²) in [4.78, 5) is 12.2. The van der Waals surface area contributed by atoms with Crippen LogP contribution in [0.3, 0.4) is 0 Å². The van der Waals surface area contributed by atoms with Crippen LogP contribution in [0.1, 0.15) is 56.7 Å². The van der Waals surface area contributed by atoms with Gasteiger partial charge in [0.15, 0.2) is 0 Å². The maximum absolute atomic E-state index is 12.1. The van der Waals surface area contributed by atoms with Crippen LogP contribution in [0, 0.1) is 19.8 Å². The van der Waals surface area contributed by atoms with Crippen LogP contribution in [-0.2, 0) is 4.74 Å². The van der Waals surface area contributed by atoms with Crippen LogP contribution >= 0.6 is 0 Å². The minimum Gasteiger partial charge on any atom is -0.379 e. The van der Waals surface area contributed by atoms with Gasteiger partial charge in [-0.1, -0.05) is 62.1 Å². The summed E-state index contributed by atoms with van der Waals surface area (Å²) in [6.07, 6.45) is 2.37. The van der Waals surface area contributed by atoms with E-state index in [4.69, 9.17) is 4.74 Å². The average molecular weight is 507 g/mol. The summed E-state index contributed by atoms with van der Waals surface area (Å²) in [5.74, 6) is 1.77. The molecule has 2 heterocycles. The van der Waals surface area contributed by atoms with Crippen molar-refractivity contribution in [2.75, 3.05) is 72.6 Å². The monoisotopic (exact) mass is 506 g/mol. The number of morpholine rings is 1. The second-order valence-electron chi connectivity index (χ2n) is 10.2. The molecule has 0 bridgehead atoms. The van der Waals surface area contributed by atoms with Gasteiger partial charge in [0, 0.05) is 65.0 Å². The highest BCUT2D eigenvalue weighted by atomic mass is 19.3. The van der Waals surface area contributed by atoms with E-state index in [1.807, 2.05) is 27.0 Å². The summed E-state index contributed by atoms with van der Waals surface area (Å²) < 4.78 is 29.7. The molecular weight excluding hydrogens is 458 g/mol. The van der Waals surface area contributed by atoms with E-state index in [1.54, 1.807) is 0 Å². The zero-order valence-electron chi connectivity index (χ0n) is 23.4. The summed E-state index contributed by atoms with van der Waals surface area (Å²) in [5, 5.41) is 0. The lowest BCUT2D eigenvalue weighted by molar-refractivity contribution is 0.0315. The first-order valence-corrected chi connectivity index (χ1v) is 13.5. The van der Waals surface area contributed by atoms with Crippen LogP contribution in [0.25, 0.3) is 0 Å². The average Bonchev–Trinajstić information content (AvgIpc) is 2.86. The van der Waals surface area contributed by atoms with E-state index in [0.29, 0.717) is 5.92 Å². The SMILES string of the molecule is CCC/C(=C\C(=NC)N1CCN(CCN2CCOCC2)CC1)C(C)C.Cc1cc(C)cc(C(F)F)c1. The number of halogens is 2. The van der Waals surface area contributed by atoms with Crippen molar-refractivity contribution in [3.05, 3.63) is 46.5 Å². The fraction of sp³-hybridized carbons (Fsp3) is 0.690. The van der Waals surface area contributed by atoms with Gasteiger partial charge in [-0.3, -0.25) is 14.8 Å². The number of alkyl halides is 2. The zero-order chi connectivity index (χ0) is 26.5. The number of nitrogens with zero attached hydrogens (tertiary/aromatic N) is 4. The molecule has 0 saturated carbocycles. The maximum atomic E-state index is 12.1. The predicted molar refractivity (Wildman–Crippen MR) is 147 cm³/mol. The van der Waals surface area contributed by atoms with Crippen molar-refractivity contribution >= 4 is 5.84 Å². The van der Waals surface area contributed by atoms with Crippen LogP contribution in [0.2, 0.25) is 0 Å². The smallest absolute Gasteiger partial charge is 0.263 e. The van der Waals surface area contributed by atoms with E-state index in [0.717, 1.165) is 63.6 Å². The Morgan fingerprint density at radius 2 is 1.50 bits per heavy atom. The van der Waals surface area contributed by atoms with Gasteiger partial charge in [-0.2, -0.15) is 0 Å². The third-order valence-electron chi connectivity index (χ3n) is 6.85. The molecule has 7 heteroatoms. The lowest BCUT2D eigenvalue weighted by Gasteiger charge is -2.37. The minimum atomic E-state index is -2.35. The summed E-state index contributed by atoms with van der Waals surface area (Å²) in [5.41, 5.74) is 3.42. The first kappa shape index (κ1) is 30.4. The van der Waals surface area contributed by atoms with Gasteiger partial charge in [-0.05, 0) is 32.3 Å². The number of hydrogen-bond donors (Lipinski definition) is 0. The van der Waals surface area contributed by atoms with Crippen molar-refractivity contribution in [1.82, 2.24) is 14.7 Å². The lowest BCUT2D eigenvalue weighted by atomic mass is 9.98. The van der Waals surface area contributed by atoms with Gasteiger partial charge in [-0.25, -0.2) is 8.78 Å². The number of ether oxygens (including phenoxy) is 1. The number of benzene rings is 1. The quantitative estimate of drug-likeness (QED) is 0.340. The molecular formula is C29H48F2N4O. The number of aliphatic imine (C=N–C) groups is 1. The molecule has 0 aromatic heterocycles. The first-order valence-electron chi connectivity index (χ1n) is 13.5. The van der Waals surface area contributed by atoms with E-state index in [9.17, 15) is 8.78 Å². The first-order chi connectivity index (χ1) is 17.2. The Balaban J connectivity index is 0.000000346. The molecule has 0 unspecified atom stereocenters. The van der Waals surface area contributed by atoms with E-state index in [1.165, 1.54) is 49.5 Å². The Hall–Kier alpha value is -1.83. The second kappa shape index (κ2) is 16.1. The summed E-state index contributed by atoms with van der Waals surface area (Å²) in [7, 11) is 1.93. The number of rotatable bonds is 8. The molecule has 2 aliphatic rings. The molecule has 2 fully saturated rings. The van der Waals surface area contributed by atoms with Crippen molar-refractivity contribution in [3.63, 3.8) is 0 Å². The molecule has 0 amide bonds. The van der Waals surface area contributed by atoms with Gasteiger partial charge in [0.2, 0.25) is 0 Å². The molecule has 2 saturated heterocycles. The Kier molecular flexibility index (Phi) is 13.6. The molecule has 204 valence electrons. The normalized spacial score (nSPS) is 18.6. The van der Waals surface area contributed by atoms with Crippen molar-refractivity contribution in [2.24, 2.45) is 10.9 Å². The highest BCUT2D eigenvalue weighted by Gasteiger charge is 2.20. The van der Waals surface area contributed by atoms with E-state index >= 15 is 0 Å². The third-order valence-corrected chi connectivity index (χ3v) is 6.85. The number of piperazine rings is 1. The topological polar surface area (TPSA) is 31.3 Å². The number of aryl methyl sites for hydroxylation is 2.